The molecule has 0 atom stereocenters. The van der Waals surface area contributed by atoms with Crippen LogP contribution in [0.3, 0.4) is 0 Å². The highest BCUT2D eigenvalue weighted by Gasteiger charge is 2.16. The summed E-state index contributed by atoms with van der Waals surface area (Å²) in [5.41, 5.74) is 4.75. The lowest BCUT2D eigenvalue weighted by atomic mass is 10.1. The highest BCUT2D eigenvalue weighted by atomic mass is 16.7. The molecule has 0 bridgehead atoms. The first-order chi connectivity index (χ1) is 14.1. The maximum Gasteiger partial charge on any atom is 0.433 e. The molecule has 0 heterocycles. The number of hydrogen-bond donors (Lipinski definition) is 1. The molecule has 0 aromatic heterocycles. The number of unbranched alkanes of at least 4 members (excludes halogenated alkanes) is 2. The molecule has 1 N–H and O–H groups in total. The summed E-state index contributed by atoms with van der Waals surface area (Å²) in [6.07, 6.45) is 3.20. The summed E-state index contributed by atoms with van der Waals surface area (Å²) in [6, 6.07) is 16.1. The van der Waals surface area contributed by atoms with E-state index in [-0.39, 0.29) is 0 Å². The molecule has 0 saturated heterocycles. The van der Waals surface area contributed by atoms with Gasteiger partial charge in [-0.1, -0.05) is 55.8 Å². The van der Waals surface area contributed by atoms with Crippen LogP contribution in [0.5, 0.6) is 0 Å². The lowest BCUT2D eigenvalue weighted by Crippen LogP contribution is -2.33. The van der Waals surface area contributed by atoms with Crippen molar-refractivity contribution in [3.8, 4) is 0 Å². The van der Waals surface area contributed by atoms with Gasteiger partial charge in [0.05, 0.1) is 13.2 Å². The van der Waals surface area contributed by atoms with Crippen LogP contribution in [0.4, 0.5) is 10.5 Å². The van der Waals surface area contributed by atoms with Crippen molar-refractivity contribution in [1.29, 1.82) is 0 Å². The van der Waals surface area contributed by atoms with E-state index in [0.717, 1.165) is 37.8 Å². The Labute approximate surface area is 175 Å². The predicted octanol–water partition coefficient (Wildman–Crippen LogP) is 5.87. The molecule has 0 aliphatic heterocycles. The molecular weight excluding hydrogens is 364 g/mol. The Morgan fingerprint density at radius 2 is 1.79 bits per heavy atom. The van der Waals surface area contributed by atoms with E-state index in [2.05, 4.69) is 44.3 Å². The highest BCUT2D eigenvalue weighted by molar-refractivity contribution is 5.66. The van der Waals surface area contributed by atoms with Crippen molar-refractivity contribution in [2.75, 3.05) is 25.0 Å². The zero-order valence-corrected chi connectivity index (χ0v) is 17.9. The first-order valence-electron chi connectivity index (χ1n) is 10.5. The Hall–Kier alpha value is -2.53. The predicted molar refractivity (Wildman–Crippen MR) is 118 cm³/mol. The van der Waals surface area contributed by atoms with Crippen molar-refractivity contribution in [2.24, 2.45) is 0 Å². The molecule has 0 saturated carbocycles. The van der Waals surface area contributed by atoms with Gasteiger partial charge in [-0.25, -0.2) is 4.79 Å². The minimum atomic E-state index is -0.406. The number of nitrogens with one attached hydrogen (secondary N) is 1. The van der Waals surface area contributed by atoms with Gasteiger partial charge in [0, 0.05) is 12.2 Å². The van der Waals surface area contributed by atoms with Crippen LogP contribution in [0.15, 0.2) is 48.5 Å². The average molecular weight is 399 g/mol. The summed E-state index contributed by atoms with van der Waals surface area (Å²) in [6.45, 7) is 8.45. The molecule has 0 unspecified atom stereocenters. The van der Waals surface area contributed by atoms with E-state index in [0.29, 0.717) is 19.8 Å². The van der Waals surface area contributed by atoms with Crippen LogP contribution >= 0.6 is 0 Å². The Morgan fingerprint density at radius 1 is 1.00 bits per heavy atom. The Morgan fingerprint density at radius 3 is 2.55 bits per heavy atom. The zero-order chi connectivity index (χ0) is 20.9. The lowest BCUT2D eigenvalue weighted by Gasteiger charge is -2.21. The first-order valence-corrected chi connectivity index (χ1v) is 10.5. The number of rotatable bonds is 12. The van der Waals surface area contributed by atoms with E-state index in [1.54, 1.807) is 0 Å². The minimum Gasteiger partial charge on any atom is -0.448 e. The Balaban J connectivity index is 1.79. The van der Waals surface area contributed by atoms with E-state index in [1.165, 1.54) is 21.9 Å². The zero-order valence-electron chi connectivity index (χ0n) is 17.9. The maximum atomic E-state index is 12.4. The number of carbonyl (C=O) groups is 1. The number of benzene rings is 2. The molecule has 2 rings (SSSR count). The molecule has 0 aliphatic carbocycles. The van der Waals surface area contributed by atoms with Crippen LogP contribution in [-0.2, 0) is 16.2 Å². The van der Waals surface area contributed by atoms with Crippen molar-refractivity contribution >= 4 is 11.8 Å². The minimum absolute atomic E-state index is 0.352. The fraction of sp³-hybridized carbons (Fsp3) is 0.458. The number of anilines is 1. The Bertz CT molecular complexity index is 734. The second kappa shape index (κ2) is 12.8. The van der Waals surface area contributed by atoms with Crippen LogP contribution in [0, 0.1) is 13.8 Å². The molecule has 1 amide bonds. The van der Waals surface area contributed by atoms with Crippen LogP contribution in [0.2, 0.25) is 0 Å². The molecular formula is C24H34N2O3. The molecule has 5 heteroatoms. The lowest BCUT2D eigenvalue weighted by molar-refractivity contribution is -0.147. The molecule has 158 valence electrons. The van der Waals surface area contributed by atoms with Crippen molar-refractivity contribution in [2.45, 2.75) is 53.1 Å². The first kappa shape index (κ1) is 22.8. The molecule has 2 aromatic carbocycles. The second-order valence-electron chi connectivity index (χ2n) is 7.21. The Kier molecular flexibility index (Phi) is 10.1. The number of nitrogens with zero attached hydrogens (tertiary/aromatic N) is 1. The van der Waals surface area contributed by atoms with Crippen LogP contribution < -0.4 is 5.32 Å². The van der Waals surface area contributed by atoms with Crippen LogP contribution in [-0.4, -0.2) is 30.9 Å². The van der Waals surface area contributed by atoms with Crippen molar-refractivity contribution in [3.05, 3.63) is 65.2 Å². The summed E-state index contributed by atoms with van der Waals surface area (Å²) in [5, 5.41) is 4.84. The van der Waals surface area contributed by atoms with Gasteiger partial charge in [-0.05, 0) is 55.9 Å². The van der Waals surface area contributed by atoms with Gasteiger partial charge >= 0.3 is 6.09 Å². The van der Waals surface area contributed by atoms with E-state index < -0.39 is 6.09 Å². The van der Waals surface area contributed by atoms with Gasteiger partial charge in [0.25, 0.3) is 0 Å². The SMILES string of the molecule is CCCCOC(=O)N(CCCCNc1cccc(C)c1C)OCc1ccccc1. The van der Waals surface area contributed by atoms with E-state index in [9.17, 15) is 4.79 Å². The molecule has 0 fully saturated rings. The van der Waals surface area contributed by atoms with Gasteiger partial charge in [0.1, 0.15) is 6.61 Å². The van der Waals surface area contributed by atoms with Gasteiger partial charge < -0.3 is 10.1 Å². The fourth-order valence-electron chi connectivity index (χ4n) is 2.86. The molecule has 0 spiro atoms. The summed E-state index contributed by atoms with van der Waals surface area (Å²) >= 11 is 0. The van der Waals surface area contributed by atoms with Gasteiger partial charge in [-0.15, -0.1) is 0 Å². The third kappa shape index (κ3) is 8.16. The summed E-state index contributed by atoms with van der Waals surface area (Å²) < 4.78 is 5.33. The number of carbonyl (C=O) groups excluding carboxylic acids is 1. The van der Waals surface area contributed by atoms with Crippen molar-refractivity contribution in [3.63, 3.8) is 0 Å². The van der Waals surface area contributed by atoms with Crippen molar-refractivity contribution < 1.29 is 14.4 Å². The third-order valence-corrected chi connectivity index (χ3v) is 4.87. The molecule has 29 heavy (non-hydrogen) atoms. The van der Waals surface area contributed by atoms with Crippen LogP contribution in [0.1, 0.15) is 49.3 Å². The number of ether oxygens (including phenoxy) is 1. The molecule has 0 aliphatic rings. The van der Waals surface area contributed by atoms with Crippen LogP contribution in [0.25, 0.3) is 0 Å². The summed E-state index contributed by atoms with van der Waals surface area (Å²) in [4.78, 5) is 18.1. The summed E-state index contributed by atoms with van der Waals surface area (Å²) in [7, 11) is 0. The smallest absolute Gasteiger partial charge is 0.433 e. The number of aryl methyl sites for hydroxylation is 1. The topological polar surface area (TPSA) is 50.8 Å². The average Bonchev–Trinajstić information content (AvgIpc) is 2.73. The quantitative estimate of drug-likeness (QED) is 0.359. The van der Waals surface area contributed by atoms with Gasteiger partial charge in [-0.3, -0.25) is 4.84 Å². The highest BCUT2D eigenvalue weighted by Crippen LogP contribution is 2.18. The molecule has 5 nitrogen and oxygen atoms in total. The number of amides is 1. The summed E-state index contributed by atoms with van der Waals surface area (Å²) in [5.74, 6) is 0. The molecule has 0 radical (unpaired) electrons. The van der Waals surface area contributed by atoms with Gasteiger partial charge in [0.2, 0.25) is 0 Å². The van der Waals surface area contributed by atoms with E-state index in [1.807, 2.05) is 30.3 Å². The van der Waals surface area contributed by atoms with Gasteiger partial charge in [-0.2, -0.15) is 5.06 Å². The van der Waals surface area contributed by atoms with Crippen molar-refractivity contribution in [1.82, 2.24) is 5.06 Å². The van der Waals surface area contributed by atoms with Gasteiger partial charge in [0.15, 0.2) is 0 Å². The van der Waals surface area contributed by atoms with E-state index >= 15 is 0 Å². The van der Waals surface area contributed by atoms with E-state index in [4.69, 9.17) is 9.57 Å². The second-order valence-corrected chi connectivity index (χ2v) is 7.21. The normalized spacial score (nSPS) is 10.6. The molecule has 2 aromatic rings. The number of hydroxylamine groups is 2. The monoisotopic (exact) mass is 398 g/mol. The third-order valence-electron chi connectivity index (χ3n) is 4.87. The fourth-order valence-corrected chi connectivity index (χ4v) is 2.86. The largest absolute Gasteiger partial charge is 0.448 e. The number of hydrogen-bond acceptors (Lipinski definition) is 4. The standard InChI is InChI=1S/C24H34N2O3/c1-4-5-18-28-24(27)26(29-19-22-13-7-6-8-14-22)17-10-9-16-25-23-15-11-12-20(2)21(23)3/h6-8,11-15,25H,4-5,9-10,16-19H2,1-3H3. The maximum absolute atomic E-state index is 12.4.